The zero-order valence-corrected chi connectivity index (χ0v) is 19.3. The molecule has 0 saturated carbocycles. The Balaban J connectivity index is 1.59. The number of carbonyl (C=O) groups is 3. The molecule has 178 valence electrons. The SMILES string of the molecule is CC(C)[C@H](NC(=O)[C@@H]1Cc2ccccc2CN1C(=O)[C@@H](N)Cc1c[nH]c2ccccc12)C(=O)O. The number of aromatic amines is 1. The number of carboxylic acid groups (broad SMARTS) is 1. The van der Waals surface area contributed by atoms with Crippen LogP contribution in [0, 0.1) is 5.92 Å². The summed E-state index contributed by atoms with van der Waals surface area (Å²) in [6.45, 7) is 3.71. The molecule has 34 heavy (non-hydrogen) atoms. The summed E-state index contributed by atoms with van der Waals surface area (Å²) in [4.78, 5) is 43.1. The summed E-state index contributed by atoms with van der Waals surface area (Å²) in [5, 5.41) is 13.2. The number of aliphatic carboxylic acids is 1. The van der Waals surface area contributed by atoms with Crippen LogP contribution in [0.4, 0.5) is 0 Å². The van der Waals surface area contributed by atoms with Gasteiger partial charge in [-0.15, -0.1) is 0 Å². The molecule has 3 atom stereocenters. The van der Waals surface area contributed by atoms with Crippen LogP contribution in [0.1, 0.15) is 30.5 Å². The highest BCUT2D eigenvalue weighted by molar-refractivity contribution is 5.93. The highest BCUT2D eigenvalue weighted by Gasteiger charge is 2.38. The molecule has 2 amide bonds. The Kier molecular flexibility index (Phi) is 6.70. The van der Waals surface area contributed by atoms with Crippen molar-refractivity contribution in [2.24, 2.45) is 11.7 Å². The molecule has 0 radical (unpaired) electrons. The molecule has 1 aromatic heterocycles. The standard InChI is InChI=1S/C26H30N4O4/c1-15(2)23(26(33)34)29-24(31)22-12-16-7-3-4-8-17(16)14-30(22)25(32)20(27)11-18-13-28-21-10-6-5-9-19(18)21/h3-10,13,15,20,22-23,28H,11-12,14,27H2,1-2H3,(H,29,31)(H,33,34)/t20-,22-,23-/m0/s1. The van der Waals surface area contributed by atoms with E-state index >= 15 is 0 Å². The summed E-state index contributed by atoms with van der Waals surface area (Å²) in [5.74, 6) is -2.22. The Bertz CT molecular complexity index is 1220. The average molecular weight is 463 g/mol. The number of aromatic nitrogens is 1. The van der Waals surface area contributed by atoms with Crippen molar-refractivity contribution in [3.8, 4) is 0 Å². The molecule has 2 aromatic carbocycles. The molecular formula is C26H30N4O4. The maximum atomic E-state index is 13.5. The monoisotopic (exact) mass is 462 g/mol. The van der Waals surface area contributed by atoms with E-state index in [4.69, 9.17) is 5.73 Å². The Hall–Kier alpha value is -3.65. The predicted octanol–water partition coefficient (Wildman–Crippen LogP) is 2.22. The molecule has 8 heteroatoms. The second-order valence-corrected chi connectivity index (χ2v) is 9.19. The fourth-order valence-electron chi connectivity index (χ4n) is 4.59. The van der Waals surface area contributed by atoms with E-state index in [0.717, 1.165) is 27.6 Å². The van der Waals surface area contributed by atoms with Gasteiger partial charge in [-0.05, 0) is 35.1 Å². The van der Waals surface area contributed by atoms with Gasteiger partial charge in [-0.2, -0.15) is 0 Å². The van der Waals surface area contributed by atoms with Crippen molar-refractivity contribution in [3.63, 3.8) is 0 Å². The molecule has 0 aliphatic carbocycles. The maximum absolute atomic E-state index is 13.5. The Morgan fingerprint density at radius 1 is 1.12 bits per heavy atom. The minimum absolute atomic E-state index is 0.244. The molecule has 5 N–H and O–H groups in total. The number of rotatable bonds is 7. The molecular weight excluding hydrogens is 432 g/mol. The third-order valence-electron chi connectivity index (χ3n) is 6.50. The molecule has 2 heterocycles. The number of hydrogen-bond acceptors (Lipinski definition) is 4. The smallest absolute Gasteiger partial charge is 0.326 e. The van der Waals surface area contributed by atoms with Gasteiger partial charge in [0, 0.05) is 30.1 Å². The van der Waals surface area contributed by atoms with Gasteiger partial charge in [0.05, 0.1) is 6.04 Å². The zero-order valence-electron chi connectivity index (χ0n) is 19.3. The van der Waals surface area contributed by atoms with Crippen molar-refractivity contribution >= 4 is 28.7 Å². The number of carboxylic acids is 1. The lowest BCUT2D eigenvalue weighted by Gasteiger charge is -2.38. The number of nitrogens with one attached hydrogen (secondary N) is 2. The van der Waals surface area contributed by atoms with Gasteiger partial charge in [-0.1, -0.05) is 56.3 Å². The summed E-state index contributed by atoms with van der Waals surface area (Å²) in [7, 11) is 0. The Morgan fingerprint density at radius 2 is 1.79 bits per heavy atom. The number of para-hydroxylation sites is 1. The first-order valence-corrected chi connectivity index (χ1v) is 11.5. The fraction of sp³-hybridized carbons (Fsp3) is 0.346. The van der Waals surface area contributed by atoms with Crippen LogP contribution in [-0.2, 0) is 33.8 Å². The number of nitrogens with two attached hydrogens (primary N) is 1. The quantitative estimate of drug-likeness (QED) is 0.428. The van der Waals surface area contributed by atoms with E-state index in [1.165, 1.54) is 4.90 Å². The summed E-state index contributed by atoms with van der Waals surface area (Å²) in [6.07, 6.45) is 2.48. The summed E-state index contributed by atoms with van der Waals surface area (Å²) in [5.41, 5.74) is 10.2. The van der Waals surface area contributed by atoms with Gasteiger partial charge in [0.1, 0.15) is 12.1 Å². The van der Waals surface area contributed by atoms with E-state index in [0.29, 0.717) is 12.8 Å². The van der Waals surface area contributed by atoms with Crippen molar-refractivity contribution in [2.75, 3.05) is 0 Å². The number of H-pyrrole nitrogens is 1. The van der Waals surface area contributed by atoms with Crippen LogP contribution in [-0.4, -0.2) is 50.9 Å². The largest absolute Gasteiger partial charge is 0.480 e. The van der Waals surface area contributed by atoms with Gasteiger partial charge in [0.15, 0.2) is 0 Å². The molecule has 0 fully saturated rings. The minimum Gasteiger partial charge on any atom is -0.480 e. The first-order valence-electron chi connectivity index (χ1n) is 11.5. The van der Waals surface area contributed by atoms with E-state index in [2.05, 4.69) is 10.3 Å². The molecule has 0 saturated heterocycles. The summed E-state index contributed by atoms with van der Waals surface area (Å²) >= 11 is 0. The van der Waals surface area contributed by atoms with Gasteiger partial charge in [0.2, 0.25) is 11.8 Å². The fourth-order valence-corrected chi connectivity index (χ4v) is 4.59. The van der Waals surface area contributed by atoms with Crippen LogP contribution in [0.2, 0.25) is 0 Å². The van der Waals surface area contributed by atoms with Gasteiger partial charge >= 0.3 is 5.97 Å². The zero-order chi connectivity index (χ0) is 24.4. The highest BCUT2D eigenvalue weighted by Crippen LogP contribution is 2.26. The predicted molar refractivity (Wildman–Crippen MR) is 129 cm³/mol. The van der Waals surface area contributed by atoms with E-state index in [1.807, 2.05) is 54.7 Å². The minimum atomic E-state index is -1.10. The number of nitrogens with zero attached hydrogens (tertiary/aromatic N) is 1. The number of benzene rings is 2. The van der Waals surface area contributed by atoms with Gasteiger partial charge in [-0.3, -0.25) is 9.59 Å². The van der Waals surface area contributed by atoms with E-state index in [9.17, 15) is 19.5 Å². The first kappa shape index (κ1) is 23.5. The number of carbonyl (C=O) groups excluding carboxylic acids is 2. The molecule has 8 nitrogen and oxygen atoms in total. The van der Waals surface area contributed by atoms with Crippen LogP contribution in [0.25, 0.3) is 10.9 Å². The lowest BCUT2D eigenvalue weighted by molar-refractivity contribution is -0.146. The summed E-state index contributed by atoms with van der Waals surface area (Å²) < 4.78 is 0. The number of hydrogen-bond donors (Lipinski definition) is 4. The maximum Gasteiger partial charge on any atom is 0.326 e. The topological polar surface area (TPSA) is 129 Å². The van der Waals surface area contributed by atoms with Crippen molar-refractivity contribution in [1.29, 1.82) is 0 Å². The van der Waals surface area contributed by atoms with Crippen LogP contribution < -0.4 is 11.1 Å². The van der Waals surface area contributed by atoms with E-state index in [-0.39, 0.29) is 18.4 Å². The second-order valence-electron chi connectivity index (χ2n) is 9.19. The third-order valence-corrected chi connectivity index (χ3v) is 6.50. The van der Waals surface area contributed by atoms with Crippen molar-refractivity contribution in [2.45, 2.75) is 51.4 Å². The molecule has 3 aromatic rings. The Morgan fingerprint density at radius 3 is 2.50 bits per heavy atom. The normalized spacial score (nSPS) is 17.3. The van der Waals surface area contributed by atoms with Crippen LogP contribution in [0.5, 0.6) is 0 Å². The van der Waals surface area contributed by atoms with Crippen molar-refractivity contribution in [3.05, 3.63) is 71.4 Å². The van der Waals surface area contributed by atoms with Crippen molar-refractivity contribution < 1.29 is 19.5 Å². The molecule has 1 aliphatic heterocycles. The molecule has 1 aliphatic rings. The third kappa shape index (κ3) is 4.68. The Labute approximate surface area is 198 Å². The highest BCUT2D eigenvalue weighted by atomic mass is 16.4. The molecule has 4 rings (SSSR count). The molecule has 0 spiro atoms. The van der Waals surface area contributed by atoms with Crippen LogP contribution >= 0.6 is 0 Å². The lowest BCUT2D eigenvalue weighted by atomic mass is 9.91. The van der Waals surface area contributed by atoms with Gasteiger partial charge in [0.25, 0.3) is 0 Å². The molecule has 0 unspecified atom stereocenters. The number of fused-ring (bicyclic) bond motifs is 2. The average Bonchev–Trinajstić information content (AvgIpc) is 3.23. The lowest BCUT2D eigenvalue weighted by Crippen LogP contribution is -2.59. The molecule has 0 bridgehead atoms. The van der Waals surface area contributed by atoms with E-state index in [1.54, 1.807) is 13.8 Å². The van der Waals surface area contributed by atoms with Gasteiger partial charge < -0.3 is 26.0 Å². The van der Waals surface area contributed by atoms with Crippen molar-refractivity contribution in [1.82, 2.24) is 15.2 Å². The van der Waals surface area contributed by atoms with Gasteiger partial charge in [-0.25, -0.2) is 4.79 Å². The second kappa shape index (κ2) is 9.69. The summed E-state index contributed by atoms with van der Waals surface area (Å²) in [6, 6.07) is 12.7. The van der Waals surface area contributed by atoms with Crippen LogP contribution in [0.3, 0.4) is 0 Å². The van der Waals surface area contributed by atoms with Crippen LogP contribution in [0.15, 0.2) is 54.7 Å². The van der Waals surface area contributed by atoms with E-state index < -0.39 is 30.0 Å². The first-order chi connectivity index (χ1) is 16.3. The number of amides is 2.